The number of alkyl halides is 3. The van der Waals surface area contributed by atoms with Crippen LogP contribution in [0.4, 0.5) is 13.2 Å². The van der Waals surface area contributed by atoms with Crippen LogP contribution in [0.15, 0.2) is 24.3 Å². The molecule has 1 aromatic carbocycles. The zero-order valence-electron chi connectivity index (χ0n) is 14.5. The minimum Gasteiger partial charge on any atom is -0.171 e. The fourth-order valence-corrected chi connectivity index (χ4v) is 3.48. The molecular weight excluding hydrogens is 309 g/mol. The van der Waals surface area contributed by atoms with Gasteiger partial charge in [0.05, 0.1) is 6.42 Å². The van der Waals surface area contributed by atoms with E-state index in [-0.39, 0.29) is 6.42 Å². The highest BCUT2D eigenvalue weighted by molar-refractivity contribution is 5.37. The van der Waals surface area contributed by atoms with E-state index >= 15 is 0 Å². The van der Waals surface area contributed by atoms with Gasteiger partial charge in [0.25, 0.3) is 0 Å². The maximum absolute atomic E-state index is 12.1. The third-order valence-corrected chi connectivity index (χ3v) is 4.96. The average molecular weight is 336 g/mol. The van der Waals surface area contributed by atoms with Crippen molar-refractivity contribution < 1.29 is 13.2 Å². The van der Waals surface area contributed by atoms with Gasteiger partial charge in [-0.2, -0.15) is 13.2 Å². The van der Waals surface area contributed by atoms with Crippen LogP contribution in [0.3, 0.4) is 0 Å². The van der Waals surface area contributed by atoms with Gasteiger partial charge in [0.2, 0.25) is 0 Å². The summed E-state index contributed by atoms with van der Waals surface area (Å²) in [5.74, 6) is 6.98. The van der Waals surface area contributed by atoms with E-state index < -0.39 is 12.6 Å². The fraction of sp³-hybridized carbons (Fsp3) is 0.619. The van der Waals surface area contributed by atoms with Crippen LogP contribution in [0.5, 0.6) is 0 Å². The summed E-state index contributed by atoms with van der Waals surface area (Å²) >= 11 is 0. The summed E-state index contributed by atoms with van der Waals surface area (Å²) < 4.78 is 36.2. The maximum atomic E-state index is 12.1. The molecule has 0 bridgehead atoms. The van der Waals surface area contributed by atoms with Crippen molar-refractivity contribution in [2.45, 2.75) is 76.8 Å². The Balaban J connectivity index is 1.81. The van der Waals surface area contributed by atoms with Crippen molar-refractivity contribution in [3.8, 4) is 11.8 Å². The summed E-state index contributed by atoms with van der Waals surface area (Å²) in [6.45, 7) is 2.25. The average Bonchev–Trinajstić information content (AvgIpc) is 2.57. The second-order valence-corrected chi connectivity index (χ2v) is 6.90. The van der Waals surface area contributed by atoms with E-state index in [9.17, 15) is 13.2 Å². The highest BCUT2D eigenvalue weighted by Crippen LogP contribution is 2.37. The SMILES string of the molecule is CCCCC1CCC(c2ccc(C#CCCC(F)(F)F)cc2)CC1. The Hall–Kier alpha value is -1.43. The molecule has 1 aliphatic rings. The van der Waals surface area contributed by atoms with Crippen molar-refractivity contribution in [1.29, 1.82) is 0 Å². The number of hydrogen-bond acceptors (Lipinski definition) is 0. The smallest absolute Gasteiger partial charge is 0.171 e. The number of hydrogen-bond donors (Lipinski definition) is 0. The Labute approximate surface area is 143 Å². The second-order valence-electron chi connectivity index (χ2n) is 6.90. The minimum atomic E-state index is -4.12. The summed E-state index contributed by atoms with van der Waals surface area (Å²) in [6.07, 6.45) is 4.07. The van der Waals surface area contributed by atoms with Gasteiger partial charge in [-0.25, -0.2) is 0 Å². The van der Waals surface area contributed by atoms with Gasteiger partial charge in [-0.15, -0.1) is 0 Å². The molecule has 132 valence electrons. The number of rotatable bonds is 5. The molecule has 3 heteroatoms. The maximum Gasteiger partial charge on any atom is 0.390 e. The normalized spacial score (nSPS) is 21.2. The van der Waals surface area contributed by atoms with Crippen molar-refractivity contribution in [1.82, 2.24) is 0 Å². The molecule has 0 N–H and O–H groups in total. The standard InChI is InChI=1S/C21H27F3/c1-2-3-6-17-8-12-19(13-9-17)20-14-10-18(11-15-20)7-4-5-16-21(22,23)24/h10-11,14-15,17,19H,2-3,5-6,8-9,12-13,16H2,1H3. The van der Waals surface area contributed by atoms with Gasteiger partial charge in [0.1, 0.15) is 0 Å². The number of halogens is 3. The van der Waals surface area contributed by atoms with Gasteiger partial charge in [0, 0.05) is 12.0 Å². The summed E-state index contributed by atoms with van der Waals surface area (Å²) in [6, 6.07) is 8.09. The van der Waals surface area contributed by atoms with Crippen molar-refractivity contribution in [2.24, 2.45) is 5.92 Å². The Kier molecular flexibility index (Phi) is 7.21. The molecule has 0 unspecified atom stereocenters. The van der Waals surface area contributed by atoms with Crippen LogP contribution in [-0.4, -0.2) is 6.18 Å². The monoisotopic (exact) mass is 336 g/mol. The zero-order valence-corrected chi connectivity index (χ0v) is 14.5. The molecule has 24 heavy (non-hydrogen) atoms. The molecule has 0 aromatic heterocycles. The molecule has 0 spiro atoms. The van der Waals surface area contributed by atoms with E-state index in [4.69, 9.17) is 0 Å². The lowest BCUT2D eigenvalue weighted by Crippen LogP contribution is -2.13. The van der Waals surface area contributed by atoms with E-state index in [2.05, 4.69) is 30.9 Å². The predicted molar refractivity (Wildman–Crippen MR) is 92.8 cm³/mol. The van der Waals surface area contributed by atoms with Gasteiger partial charge in [-0.05, 0) is 55.2 Å². The number of benzene rings is 1. The molecule has 1 aliphatic carbocycles. The first-order valence-corrected chi connectivity index (χ1v) is 9.13. The van der Waals surface area contributed by atoms with Crippen LogP contribution in [0, 0.1) is 17.8 Å². The van der Waals surface area contributed by atoms with Gasteiger partial charge in [0.15, 0.2) is 0 Å². The second kappa shape index (κ2) is 9.16. The lowest BCUT2D eigenvalue weighted by Gasteiger charge is -2.28. The molecule has 1 aromatic rings. The summed E-state index contributed by atoms with van der Waals surface area (Å²) in [7, 11) is 0. The Bertz CT molecular complexity index is 537. The van der Waals surface area contributed by atoms with Crippen LogP contribution in [-0.2, 0) is 0 Å². The molecule has 0 amide bonds. The molecule has 1 fully saturated rings. The van der Waals surface area contributed by atoms with Gasteiger partial charge in [-0.3, -0.25) is 0 Å². The molecule has 0 atom stereocenters. The molecule has 0 nitrogen and oxygen atoms in total. The largest absolute Gasteiger partial charge is 0.390 e. The third-order valence-electron chi connectivity index (χ3n) is 4.96. The van der Waals surface area contributed by atoms with E-state index in [1.165, 1.54) is 50.5 Å². The van der Waals surface area contributed by atoms with E-state index in [0.29, 0.717) is 5.92 Å². The van der Waals surface area contributed by atoms with Crippen molar-refractivity contribution >= 4 is 0 Å². The van der Waals surface area contributed by atoms with Gasteiger partial charge < -0.3 is 0 Å². The Morgan fingerprint density at radius 3 is 2.29 bits per heavy atom. The summed E-state index contributed by atoms with van der Waals surface area (Å²) in [4.78, 5) is 0. The molecule has 1 saturated carbocycles. The lowest BCUT2D eigenvalue weighted by atomic mass is 9.77. The van der Waals surface area contributed by atoms with Crippen molar-refractivity contribution in [2.75, 3.05) is 0 Å². The molecule has 2 rings (SSSR count). The van der Waals surface area contributed by atoms with Crippen LogP contribution < -0.4 is 0 Å². The molecule has 0 aliphatic heterocycles. The van der Waals surface area contributed by atoms with Crippen molar-refractivity contribution in [3.05, 3.63) is 35.4 Å². The molecular formula is C21H27F3. The van der Waals surface area contributed by atoms with E-state index in [1.54, 1.807) is 0 Å². The molecule has 0 heterocycles. The summed E-state index contributed by atoms with van der Waals surface area (Å²) in [5.41, 5.74) is 2.15. The molecule has 0 saturated heterocycles. The van der Waals surface area contributed by atoms with Crippen LogP contribution in [0.2, 0.25) is 0 Å². The highest BCUT2D eigenvalue weighted by Gasteiger charge is 2.25. The van der Waals surface area contributed by atoms with Crippen LogP contribution in [0.25, 0.3) is 0 Å². The first-order chi connectivity index (χ1) is 11.5. The van der Waals surface area contributed by atoms with Crippen LogP contribution >= 0.6 is 0 Å². The van der Waals surface area contributed by atoms with Gasteiger partial charge in [-0.1, -0.05) is 50.2 Å². The predicted octanol–water partition coefficient (Wildman–Crippen LogP) is 6.84. The van der Waals surface area contributed by atoms with E-state index in [1.807, 2.05) is 12.1 Å². The minimum absolute atomic E-state index is 0.132. The highest BCUT2D eigenvalue weighted by atomic mass is 19.4. The lowest BCUT2D eigenvalue weighted by molar-refractivity contribution is -0.133. The Morgan fingerprint density at radius 2 is 1.71 bits per heavy atom. The molecule has 0 radical (unpaired) electrons. The number of unbranched alkanes of at least 4 members (excludes halogenated alkanes) is 1. The third kappa shape index (κ3) is 6.59. The quantitative estimate of drug-likeness (QED) is 0.516. The summed E-state index contributed by atoms with van der Waals surface area (Å²) in [5, 5.41) is 0. The zero-order chi connectivity index (χ0) is 17.4. The van der Waals surface area contributed by atoms with E-state index in [0.717, 1.165) is 11.5 Å². The first-order valence-electron chi connectivity index (χ1n) is 9.13. The van der Waals surface area contributed by atoms with Gasteiger partial charge >= 0.3 is 6.18 Å². The topological polar surface area (TPSA) is 0 Å². The fourth-order valence-electron chi connectivity index (χ4n) is 3.48. The first kappa shape index (κ1) is 18.9. The van der Waals surface area contributed by atoms with Crippen LogP contribution in [0.1, 0.15) is 81.8 Å². The van der Waals surface area contributed by atoms with Crippen molar-refractivity contribution in [3.63, 3.8) is 0 Å². The Morgan fingerprint density at radius 1 is 1.04 bits per heavy atom.